The number of nitrogens with one attached hydrogen (secondary N) is 2. The Bertz CT molecular complexity index is 793. The maximum absolute atomic E-state index is 12.2. The minimum absolute atomic E-state index is 0.195. The molecule has 112 valence electrons. The third kappa shape index (κ3) is 2.89. The van der Waals surface area contributed by atoms with E-state index in [1.54, 1.807) is 6.20 Å². The van der Waals surface area contributed by atoms with E-state index in [2.05, 4.69) is 32.4 Å². The van der Waals surface area contributed by atoms with Crippen LogP contribution in [0.15, 0.2) is 30.5 Å². The zero-order valence-electron chi connectivity index (χ0n) is 12.3. The summed E-state index contributed by atoms with van der Waals surface area (Å²) in [5.74, 6) is 0.571. The Morgan fingerprint density at radius 2 is 2.27 bits per heavy atom. The molecule has 0 aliphatic rings. The van der Waals surface area contributed by atoms with Gasteiger partial charge in [-0.05, 0) is 37.1 Å². The van der Waals surface area contributed by atoms with Gasteiger partial charge < -0.3 is 0 Å². The summed E-state index contributed by atoms with van der Waals surface area (Å²) in [7, 11) is 0. The molecule has 0 aliphatic carbocycles. The fourth-order valence-electron chi connectivity index (χ4n) is 2.08. The SMILES string of the molecule is CCc1cc(C(=O)Nc2n[nH]c(-c3ccccn3)n2)sc1C. The molecule has 22 heavy (non-hydrogen) atoms. The van der Waals surface area contributed by atoms with Crippen LogP contribution in [-0.2, 0) is 6.42 Å². The molecule has 3 rings (SSSR count). The van der Waals surface area contributed by atoms with Crippen LogP contribution in [0.25, 0.3) is 11.5 Å². The summed E-state index contributed by atoms with van der Waals surface area (Å²) in [6, 6.07) is 7.43. The monoisotopic (exact) mass is 313 g/mol. The lowest BCUT2D eigenvalue weighted by Gasteiger charge is -1.96. The molecule has 0 bridgehead atoms. The molecule has 0 aliphatic heterocycles. The zero-order valence-corrected chi connectivity index (χ0v) is 13.1. The molecule has 1 amide bonds. The molecular weight excluding hydrogens is 298 g/mol. The number of rotatable bonds is 4. The molecule has 0 atom stereocenters. The summed E-state index contributed by atoms with van der Waals surface area (Å²) in [5.41, 5.74) is 1.87. The van der Waals surface area contributed by atoms with Crippen molar-refractivity contribution in [1.29, 1.82) is 0 Å². The van der Waals surface area contributed by atoms with Gasteiger partial charge in [0, 0.05) is 11.1 Å². The predicted molar refractivity (Wildman–Crippen MR) is 86.0 cm³/mol. The number of carbonyl (C=O) groups is 1. The zero-order chi connectivity index (χ0) is 15.5. The second-order valence-corrected chi connectivity index (χ2v) is 5.98. The first-order valence-corrected chi connectivity index (χ1v) is 7.73. The van der Waals surface area contributed by atoms with E-state index in [1.165, 1.54) is 16.9 Å². The minimum Gasteiger partial charge on any atom is -0.288 e. The Morgan fingerprint density at radius 3 is 2.95 bits per heavy atom. The van der Waals surface area contributed by atoms with Crippen molar-refractivity contribution in [3.8, 4) is 11.5 Å². The van der Waals surface area contributed by atoms with Gasteiger partial charge in [-0.3, -0.25) is 20.2 Å². The van der Waals surface area contributed by atoms with Gasteiger partial charge in [0.2, 0.25) is 5.95 Å². The molecule has 3 aromatic heterocycles. The average molecular weight is 313 g/mol. The van der Waals surface area contributed by atoms with Crippen LogP contribution in [0.4, 0.5) is 5.95 Å². The fraction of sp³-hybridized carbons (Fsp3) is 0.200. The Labute approximate surface area is 131 Å². The smallest absolute Gasteiger partial charge is 0.268 e. The molecule has 0 unspecified atom stereocenters. The third-order valence-corrected chi connectivity index (χ3v) is 4.34. The Morgan fingerprint density at radius 1 is 1.41 bits per heavy atom. The van der Waals surface area contributed by atoms with Crippen LogP contribution in [-0.4, -0.2) is 26.1 Å². The van der Waals surface area contributed by atoms with E-state index in [0.717, 1.165) is 11.3 Å². The quantitative estimate of drug-likeness (QED) is 0.775. The summed E-state index contributed by atoms with van der Waals surface area (Å²) in [5, 5.41) is 9.48. The first kappa shape index (κ1) is 14.4. The molecule has 0 aromatic carbocycles. The van der Waals surface area contributed by atoms with E-state index in [1.807, 2.05) is 31.2 Å². The van der Waals surface area contributed by atoms with E-state index >= 15 is 0 Å². The number of anilines is 1. The van der Waals surface area contributed by atoms with E-state index in [4.69, 9.17) is 0 Å². The van der Waals surface area contributed by atoms with Crippen molar-refractivity contribution in [2.75, 3.05) is 5.32 Å². The fourth-order valence-corrected chi connectivity index (χ4v) is 3.09. The maximum Gasteiger partial charge on any atom is 0.268 e. The van der Waals surface area contributed by atoms with Gasteiger partial charge in [-0.2, -0.15) is 4.98 Å². The van der Waals surface area contributed by atoms with E-state index in [0.29, 0.717) is 16.4 Å². The lowest BCUT2D eigenvalue weighted by Crippen LogP contribution is -2.11. The Kier molecular flexibility index (Phi) is 3.97. The lowest BCUT2D eigenvalue weighted by molar-refractivity contribution is 0.102. The number of H-pyrrole nitrogens is 1. The summed E-state index contributed by atoms with van der Waals surface area (Å²) >= 11 is 1.48. The second-order valence-electron chi connectivity index (χ2n) is 4.72. The molecule has 0 saturated carbocycles. The van der Waals surface area contributed by atoms with Crippen molar-refractivity contribution in [3.05, 3.63) is 45.8 Å². The van der Waals surface area contributed by atoms with E-state index in [9.17, 15) is 4.79 Å². The highest BCUT2D eigenvalue weighted by Crippen LogP contribution is 2.23. The molecule has 0 saturated heterocycles. The van der Waals surface area contributed by atoms with Gasteiger partial charge in [0.05, 0.1) is 4.88 Å². The highest BCUT2D eigenvalue weighted by molar-refractivity contribution is 7.14. The molecule has 3 aromatic rings. The number of amides is 1. The van der Waals surface area contributed by atoms with Gasteiger partial charge >= 0.3 is 0 Å². The molecule has 0 spiro atoms. The molecule has 3 heterocycles. The number of aromatic amines is 1. The predicted octanol–water partition coefficient (Wildman–Crippen LogP) is 3.05. The summed E-state index contributed by atoms with van der Waals surface area (Å²) in [6.45, 7) is 4.09. The number of pyridine rings is 1. The topological polar surface area (TPSA) is 83.6 Å². The molecule has 0 radical (unpaired) electrons. The first-order chi connectivity index (χ1) is 10.7. The van der Waals surface area contributed by atoms with Crippen LogP contribution in [0.2, 0.25) is 0 Å². The number of hydrogen-bond acceptors (Lipinski definition) is 5. The molecule has 7 heteroatoms. The van der Waals surface area contributed by atoms with Crippen LogP contribution in [0.1, 0.15) is 27.0 Å². The third-order valence-electron chi connectivity index (χ3n) is 3.24. The van der Waals surface area contributed by atoms with Gasteiger partial charge in [0.25, 0.3) is 5.91 Å². The number of nitrogens with zero attached hydrogens (tertiary/aromatic N) is 3. The van der Waals surface area contributed by atoms with Crippen molar-refractivity contribution >= 4 is 23.2 Å². The van der Waals surface area contributed by atoms with Crippen LogP contribution in [0, 0.1) is 6.92 Å². The second kappa shape index (κ2) is 6.07. The van der Waals surface area contributed by atoms with Gasteiger partial charge in [-0.25, -0.2) is 0 Å². The number of hydrogen-bond donors (Lipinski definition) is 2. The number of aryl methyl sites for hydroxylation is 2. The van der Waals surface area contributed by atoms with Crippen molar-refractivity contribution in [1.82, 2.24) is 20.2 Å². The molecule has 0 fully saturated rings. The van der Waals surface area contributed by atoms with Gasteiger partial charge in [-0.1, -0.05) is 13.0 Å². The van der Waals surface area contributed by atoms with Crippen molar-refractivity contribution in [2.24, 2.45) is 0 Å². The normalized spacial score (nSPS) is 10.6. The van der Waals surface area contributed by atoms with Gasteiger partial charge in [0.15, 0.2) is 5.82 Å². The molecule has 2 N–H and O–H groups in total. The summed E-state index contributed by atoms with van der Waals surface area (Å²) in [4.78, 5) is 22.5. The van der Waals surface area contributed by atoms with Crippen molar-refractivity contribution in [2.45, 2.75) is 20.3 Å². The number of aromatic nitrogens is 4. The van der Waals surface area contributed by atoms with Gasteiger partial charge in [-0.15, -0.1) is 16.4 Å². The van der Waals surface area contributed by atoms with Crippen LogP contribution in [0.3, 0.4) is 0 Å². The summed E-state index contributed by atoms with van der Waals surface area (Å²) < 4.78 is 0. The lowest BCUT2D eigenvalue weighted by atomic mass is 10.2. The van der Waals surface area contributed by atoms with Gasteiger partial charge in [0.1, 0.15) is 5.69 Å². The largest absolute Gasteiger partial charge is 0.288 e. The minimum atomic E-state index is -0.195. The summed E-state index contributed by atoms with van der Waals surface area (Å²) in [6.07, 6.45) is 2.59. The van der Waals surface area contributed by atoms with E-state index < -0.39 is 0 Å². The average Bonchev–Trinajstić information content (AvgIpc) is 3.14. The van der Waals surface area contributed by atoms with Crippen molar-refractivity contribution in [3.63, 3.8) is 0 Å². The standard InChI is InChI=1S/C15H15N5OS/c1-3-10-8-12(22-9(10)2)14(21)18-15-17-13(19-20-15)11-6-4-5-7-16-11/h4-8H,3H2,1-2H3,(H2,17,18,19,20,21). The van der Waals surface area contributed by atoms with Crippen LogP contribution in [0.5, 0.6) is 0 Å². The number of carbonyl (C=O) groups excluding carboxylic acids is 1. The highest BCUT2D eigenvalue weighted by Gasteiger charge is 2.14. The Balaban J connectivity index is 1.76. The van der Waals surface area contributed by atoms with Crippen molar-refractivity contribution < 1.29 is 4.79 Å². The van der Waals surface area contributed by atoms with Crippen LogP contribution >= 0.6 is 11.3 Å². The maximum atomic E-state index is 12.2. The first-order valence-electron chi connectivity index (χ1n) is 6.92. The Hall–Kier alpha value is -2.54. The number of thiophene rings is 1. The molecular formula is C15H15N5OS. The highest BCUT2D eigenvalue weighted by atomic mass is 32.1. The van der Waals surface area contributed by atoms with E-state index in [-0.39, 0.29) is 11.9 Å². The molecule has 6 nitrogen and oxygen atoms in total. The van der Waals surface area contributed by atoms with Crippen LogP contribution < -0.4 is 5.32 Å².